The predicted molar refractivity (Wildman–Crippen MR) is 103 cm³/mol. The summed E-state index contributed by atoms with van der Waals surface area (Å²) in [6, 6.07) is 0. The van der Waals surface area contributed by atoms with Crippen molar-refractivity contribution in [1.82, 2.24) is 21.5 Å². The first kappa shape index (κ1) is 19.7. The van der Waals surface area contributed by atoms with E-state index < -0.39 is 0 Å². The minimum Gasteiger partial charge on any atom is -0.385 e. The molecule has 7 nitrogen and oxygen atoms in total. The quantitative estimate of drug-likeness (QED) is 0.401. The maximum Gasteiger partial charge on any atom is 0.186 e. The molecule has 0 bridgehead atoms. The van der Waals surface area contributed by atoms with Crippen molar-refractivity contribution in [3.63, 3.8) is 0 Å². The molecule has 0 aromatic heterocycles. The summed E-state index contributed by atoms with van der Waals surface area (Å²) in [7, 11) is 1.70. The second-order valence-corrected chi connectivity index (χ2v) is 5.83. The van der Waals surface area contributed by atoms with Gasteiger partial charge in [0.2, 0.25) is 0 Å². The lowest BCUT2D eigenvalue weighted by atomic mass is 10.0. The summed E-state index contributed by atoms with van der Waals surface area (Å²) in [5.74, 6) is 0.306. The Labute approximate surface area is 148 Å². The van der Waals surface area contributed by atoms with Crippen LogP contribution in [0.25, 0.3) is 0 Å². The maximum absolute atomic E-state index is 5.18. The molecule has 0 amide bonds. The fourth-order valence-corrected chi connectivity index (χ4v) is 2.63. The first-order valence-corrected chi connectivity index (χ1v) is 8.65. The van der Waals surface area contributed by atoms with E-state index in [2.05, 4.69) is 31.7 Å². The second kappa shape index (κ2) is 11.3. The number of ether oxygens (including phenoxy) is 1. The number of nitrogens with zero attached hydrogens (tertiary/aromatic N) is 2. The molecule has 1 aliphatic carbocycles. The van der Waals surface area contributed by atoms with Gasteiger partial charge in [-0.25, -0.2) is 0 Å². The SMILES string of the molecule is CCNC(=S)NN=C1/C(=N/NC(=S)NCC)CCC1CCOC. The largest absolute Gasteiger partial charge is 0.385 e. The van der Waals surface area contributed by atoms with Crippen molar-refractivity contribution in [2.24, 2.45) is 16.1 Å². The lowest BCUT2D eigenvalue weighted by molar-refractivity contribution is 0.186. The number of hydrazone groups is 2. The molecule has 0 aromatic carbocycles. The van der Waals surface area contributed by atoms with Crippen LogP contribution in [0.15, 0.2) is 10.2 Å². The molecule has 0 aliphatic heterocycles. The molecule has 23 heavy (non-hydrogen) atoms. The van der Waals surface area contributed by atoms with Gasteiger partial charge in [0.25, 0.3) is 0 Å². The summed E-state index contributed by atoms with van der Waals surface area (Å²) in [6.07, 6.45) is 2.75. The third-order valence-corrected chi connectivity index (χ3v) is 3.80. The van der Waals surface area contributed by atoms with Gasteiger partial charge < -0.3 is 15.4 Å². The van der Waals surface area contributed by atoms with E-state index in [4.69, 9.17) is 29.2 Å². The van der Waals surface area contributed by atoms with Gasteiger partial charge in [-0.2, -0.15) is 10.2 Å². The zero-order valence-electron chi connectivity index (χ0n) is 13.9. The van der Waals surface area contributed by atoms with E-state index in [0.29, 0.717) is 22.7 Å². The zero-order valence-corrected chi connectivity index (χ0v) is 15.6. The average molecular weight is 359 g/mol. The van der Waals surface area contributed by atoms with Crippen LogP contribution in [0.2, 0.25) is 0 Å². The molecule has 0 heterocycles. The van der Waals surface area contributed by atoms with Crippen molar-refractivity contribution in [3.8, 4) is 0 Å². The monoisotopic (exact) mass is 358 g/mol. The van der Waals surface area contributed by atoms with Gasteiger partial charge in [0, 0.05) is 32.7 Å². The highest BCUT2D eigenvalue weighted by Gasteiger charge is 2.29. The van der Waals surface area contributed by atoms with Gasteiger partial charge in [-0.3, -0.25) is 10.9 Å². The third kappa shape index (κ3) is 7.19. The smallest absolute Gasteiger partial charge is 0.186 e. The first-order chi connectivity index (χ1) is 11.1. The van der Waals surface area contributed by atoms with Crippen molar-refractivity contribution in [2.45, 2.75) is 33.1 Å². The Kier molecular flexibility index (Phi) is 9.65. The molecule has 0 spiro atoms. The van der Waals surface area contributed by atoms with Gasteiger partial charge in [-0.1, -0.05) is 0 Å². The van der Waals surface area contributed by atoms with E-state index in [-0.39, 0.29) is 0 Å². The number of thiocarbonyl (C=S) groups is 2. The van der Waals surface area contributed by atoms with Crippen molar-refractivity contribution >= 4 is 46.1 Å². The molecule has 1 aliphatic rings. The minimum atomic E-state index is 0.306. The number of nitrogens with one attached hydrogen (secondary N) is 4. The zero-order chi connectivity index (χ0) is 17.1. The molecule has 9 heteroatoms. The van der Waals surface area contributed by atoms with Gasteiger partial charge in [0.05, 0.1) is 11.4 Å². The molecule has 0 saturated heterocycles. The van der Waals surface area contributed by atoms with Crippen molar-refractivity contribution in [1.29, 1.82) is 0 Å². The maximum atomic E-state index is 5.18. The molecule has 1 unspecified atom stereocenters. The molecular formula is C14H26N6OS2. The van der Waals surface area contributed by atoms with Crippen molar-refractivity contribution in [2.75, 3.05) is 26.8 Å². The Hall–Kier alpha value is -1.32. The van der Waals surface area contributed by atoms with E-state index in [1.54, 1.807) is 7.11 Å². The van der Waals surface area contributed by atoms with E-state index >= 15 is 0 Å². The predicted octanol–water partition coefficient (Wildman–Crippen LogP) is 1.11. The van der Waals surface area contributed by atoms with Crippen LogP contribution in [-0.4, -0.2) is 48.5 Å². The molecule has 1 saturated carbocycles. The Morgan fingerprint density at radius 2 is 1.74 bits per heavy atom. The third-order valence-electron chi connectivity index (χ3n) is 3.33. The summed E-state index contributed by atoms with van der Waals surface area (Å²) in [6.45, 7) is 6.17. The Balaban J connectivity index is 2.77. The summed E-state index contributed by atoms with van der Waals surface area (Å²) in [5, 5.41) is 15.9. The van der Waals surface area contributed by atoms with E-state index in [0.717, 1.165) is 43.8 Å². The normalized spacial score (nSPS) is 20.6. The van der Waals surface area contributed by atoms with Crippen LogP contribution in [0.3, 0.4) is 0 Å². The molecule has 1 fully saturated rings. The Morgan fingerprint density at radius 1 is 1.13 bits per heavy atom. The highest BCUT2D eigenvalue weighted by Crippen LogP contribution is 2.24. The van der Waals surface area contributed by atoms with Crippen molar-refractivity contribution < 1.29 is 4.74 Å². The standard InChI is InChI=1S/C14H26N6OS2/c1-4-15-13(22)19-17-11-7-6-10(8-9-21-3)12(11)18-20-14(23)16-5-2/h10H,4-9H2,1-3H3,(H2,15,19,22)(H2,16,20,23)/b17-11+,18-12?. The summed E-state index contributed by atoms with van der Waals surface area (Å²) < 4.78 is 5.18. The highest BCUT2D eigenvalue weighted by molar-refractivity contribution is 7.80. The van der Waals surface area contributed by atoms with Crippen LogP contribution in [0.5, 0.6) is 0 Å². The number of hydrogen-bond donors (Lipinski definition) is 4. The molecule has 4 N–H and O–H groups in total. The Morgan fingerprint density at radius 3 is 2.30 bits per heavy atom. The van der Waals surface area contributed by atoms with Crippen LogP contribution in [-0.2, 0) is 4.74 Å². The summed E-state index contributed by atoms with van der Waals surface area (Å²) >= 11 is 10.3. The van der Waals surface area contributed by atoms with Gasteiger partial charge in [0.1, 0.15) is 0 Å². The lowest BCUT2D eigenvalue weighted by Crippen LogP contribution is -2.35. The average Bonchev–Trinajstić information content (AvgIpc) is 2.91. The van der Waals surface area contributed by atoms with Crippen molar-refractivity contribution in [3.05, 3.63) is 0 Å². The number of hydrogen-bond acceptors (Lipinski definition) is 5. The van der Waals surface area contributed by atoms with E-state index in [1.165, 1.54) is 0 Å². The van der Waals surface area contributed by atoms with Gasteiger partial charge in [0.15, 0.2) is 10.2 Å². The minimum absolute atomic E-state index is 0.306. The fraction of sp³-hybridized carbons (Fsp3) is 0.714. The molecule has 1 rings (SSSR count). The van der Waals surface area contributed by atoms with Crippen LogP contribution >= 0.6 is 24.4 Å². The fourth-order valence-electron chi connectivity index (χ4n) is 2.25. The van der Waals surface area contributed by atoms with E-state index in [9.17, 15) is 0 Å². The van der Waals surface area contributed by atoms with Crippen LogP contribution in [0, 0.1) is 5.92 Å². The van der Waals surface area contributed by atoms with Crippen LogP contribution < -0.4 is 21.5 Å². The topological polar surface area (TPSA) is 82.1 Å². The van der Waals surface area contributed by atoms with E-state index in [1.807, 2.05) is 13.8 Å². The molecular weight excluding hydrogens is 332 g/mol. The molecule has 0 radical (unpaired) electrons. The first-order valence-electron chi connectivity index (χ1n) is 7.83. The van der Waals surface area contributed by atoms with Gasteiger partial charge >= 0.3 is 0 Å². The summed E-state index contributed by atoms with van der Waals surface area (Å²) in [5.41, 5.74) is 7.56. The van der Waals surface area contributed by atoms with Crippen LogP contribution in [0.1, 0.15) is 33.1 Å². The van der Waals surface area contributed by atoms with Crippen LogP contribution in [0.4, 0.5) is 0 Å². The van der Waals surface area contributed by atoms with Gasteiger partial charge in [-0.05, 0) is 57.5 Å². The number of rotatable bonds is 7. The Bertz CT molecular complexity index is 466. The second-order valence-electron chi connectivity index (χ2n) is 5.02. The lowest BCUT2D eigenvalue weighted by Gasteiger charge is -2.12. The number of methoxy groups -OCH3 is 1. The molecule has 130 valence electrons. The molecule has 1 atom stereocenters. The molecule has 0 aromatic rings. The van der Waals surface area contributed by atoms with Gasteiger partial charge in [-0.15, -0.1) is 0 Å². The highest BCUT2D eigenvalue weighted by atomic mass is 32.1. The summed E-state index contributed by atoms with van der Waals surface area (Å²) in [4.78, 5) is 0.